The van der Waals surface area contributed by atoms with Gasteiger partial charge in [0, 0.05) is 18.8 Å². The van der Waals surface area contributed by atoms with Gasteiger partial charge in [0.15, 0.2) is 0 Å². The van der Waals surface area contributed by atoms with Crippen LogP contribution < -0.4 is 5.32 Å². The summed E-state index contributed by atoms with van der Waals surface area (Å²) in [6.07, 6.45) is 6.78. The zero-order valence-corrected chi connectivity index (χ0v) is 12.7. The number of esters is 1. The Balaban J connectivity index is 2.27. The number of carbonyl (C=O) groups excluding carboxylic acids is 1. The van der Waals surface area contributed by atoms with Crippen molar-refractivity contribution in [3.8, 4) is 0 Å². The third kappa shape index (κ3) is 2.87. The first-order valence-electron chi connectivity index (χ1n) is 7.60. The van der Waals surface area contributed by atoms with Gasteiger partial charge in [-0.25, -0.2) is 9.78 Å². The lowest BCUT2D eigenvalue weighted by molar-refractivity contribution is -0.153. The maximum absolute atomic E-state index is 12.5. The van der Waals surface area contributed by atoms with E-state index in [0.717, 1.165) is 31.6 Å². The summed E-state index contributed by atoms with van der Waals surface area (Å²) in [6, 6.07) is 0. The van der Waals surface area contributed by atoms with Crippen LogP contribution >= 0.6 is 0 Å². The van der Waals surface area contributed by atoms with Crippen molar-refractivity contribution in [1.29, 1.82) is 0 Å². The van der Waals surface area contributed by atoms with Crippen molar-refractivity contribution in [2.75, 3.05) is 13.2 Å². The SMILES string of the molecule is CCNC(Cn1ccnc1CC)(C(=O)OCC)C1CC1. The van der Waals surface area contributed by atoms with Gasteiger partial charge in [-0.3, -0.25) is 0 Å². The molecule has 112 valence electrons. The Morgan fingerprint density at radius 3 is 2.80 bits per heavy atom. The zero-order valence-electron chi connectivity index (χ0n) is 12.7. The van der Waals surface area contributed by atoms with Crippen molar-refractivity contribution in [1.82, 2.24) is 14.9 Å². The van der Waals surface area contributed by atoms with Crippen molar-refractivity contribution in [3.05, 3.63) is 18.2 Å². The second kappa shape index (κ2) is 6.39. The third-order valence-corrected chi connectivity index (χ3v) is 3.94. The van der Waals surface area contributed by atoms with Crippen LogP contribution in [-0.2, 0) is 22.5 Å². The summed E-state index contributed by atoms with van der Waals surface area (Å²) in [6.45, 7) is 7.75. The van der Waals surface area contributed by atoms with Crippen LogP contribution in [-0.4, -0.2) is 34.2 Å². The first-order chi connectivity index (χ1) is 9.67. The first kappa shape index (κ1) is 15.0. The molecule has 1 aliphatic rings. The molecule has 5 heteroatoms. The number of likely N-dealkylation sites (N-methyl/N-ethyl adjacent to an activating group) is 1. The van der Waals surface area contributed by atoms with Crippen LogP contribution in [0.15, 0.2) is 12.4 Å². The molecule has 0 aromatic carbocycles. The van der Waals surface area contributed by atoms with Crippen LogP contribution in [0.25, 0.3) is 0 Å². The van der Waals surface area contributed by atoms with Gasteiger partial charge in [-0.05, 0) is 32.2 Å². The number of nitrogens with one attached hydrogen (secondary N) is 1. The fourth-order valence-electron chi connectivity index (χ4n) is 2.85. The Kier molecular flexibility index (Phi) is 4.81. The van der Waals surface area contributed by atoms with Crippen molar-refractivity contribution in [3.63, 3.8) is 0 Å². The van der Waals surface area contributed by atoms with E-state index >= 15 is 0 Å². The smallest absolute Gasteiger partial charge is 0.328 e. The molecule has 1 heterocycles. The lowest BCUT2D eigenvalue weighted by Crippen LogP contribution is -2.57. The molecule has 2 rings (SSSR count). The molecule has 1 fully saturated rings. The Labute approximate surface area is 120 Å². The van der Waals surface area contributed by atoms with Gasteiger partial charge >= 0.3 is 5.97 Å². The monoisotopic (exact) mass is 279 g/mol. The van der Waals surface area contributed by atoms with Crippen LogP contribution in [0, 0.1) is 5.92 Å². The summed E-state index contributed by atoms with van der Waals surface area (Å²) in [4.78, 5) is 16.9. The third-order valence-electron chi connectivity index (χ3n) is 3.94. The number of imidazole rings is 1. The van der Waals surface area contributed by atoms with Crippen molar-refractivity contribution in [2.45, 2.75) is 52.1 Å². The van der Waals surface area contributed by atoms with E-state index < -0.39 is 5.54 Å². The maximum atomic E-state index is 12.5. The molecule has 0 spiro atoms. The number of hydrogen-bond acceptors (Lipinski definition) is 4. The molecule has 5 nitrogen and oxygen atoms in total. The van der Waals surface area contributed by atoms with E-state index in [4.69, 9.17) is 4.74 Å². The summed E-state index contributed by atoms with van der Waals surface area (Å²) < 4.78 is 7.43. The molecule has 1 aromatic heterocycles. The van der Waals surface area contributed by atoms with Crippen molar-refractivity contribution < 1.29 is 9.53 Å². The predicted octanol–water partition coefficient (Wildman–Crippen LogP) is 1.77. The Hall–Kier alpha value is -1.36. The van der Waals surface area contributed by atoms with Crippen molar-refractivity contribution >= 4 is 5.97 Å². The predicted molar refractivity (Wildman–Crippen MR) is 77.4 cm³/mol. The molecule has 1 aromatic rings. The highest BCUT2D eigenvalue weighted by Gasteiger charge is 2.52. The molecular formula is C15H25N3O2. The summed E-state index contributed by atoms with van der Waals surface area (Å²) in [5.41, 5.74) is -0.602. The zero-order chi connectivity index (χ0) is 14.6. The minimum Gasteiger partial charge on any atom is -0.465 e. The van der Waals surface area contributed by atoms with Gasteiger partial charge < -0.3 is 14.6 Å². The van der Waals surface area contributed by atoms with E-state index in [1.807, 2.05) is 20.0 Å². The Bertz CT molecular complexity index is 454. The van der Waals surface area contributed by atoms with Crippen LogP contribution in [0.3, 0.4) is 0 Å². The van der Waals surface area contributed by atoms with E-state index in [1.165, 1.54) is 0 Å². The minimum atomic E-state index is -0.602. The molecular weight excluding hydrogens is 254 g/mol. The average molecular weight is 279 g/mol. The van der Waals surface area contributed by atoms with Crippen LogP contribution in [0.5, 0.6) is 0 Å². The molecule has 0 radical (unpaired) electrons. The summed E-state index contributed by atoms with van der Waals surface area (Å²) in [5, 5.41) is 3.41. The minimum absolute atomic E-state index is 0.125. The second-order valence-electron chi connectivity index (χ2n) is 5.32. The highest BCUT2D eigenvalue weighted by atomic mass is 16.5. The summed E-state index contributed by atoms with van der Waals surface area (Å²) in [5.74, 6) is 1.26. The molecule has 0 saturated heterocycles. The molecule has 1 unspecified atom stereocenters. The van der Waals surface area contributed by atoms with Gasteiger partial charge in [-0.2, -0.15) is 0 Å². The quantitative estimate of drug-likeness (QED) is 0.737. The van der Waals surface area contributed by atoms with Gasteiger partial charge in [0.1, 0.15) is 11.4 Å². The van der Waals surface area contributed by atoms with E-state index in [9.17, 15) is 4.79 Å². The molecule has 0 aliphatic heterocycles. The Morgan fingerprint density at radius 1 is 1.50 bits per heavy atom. The highest BCUT2D eigenvalue weighted by Crippen LogP contribution is 2.41. The number of nitrogens with zero attached hydrogens (tertiary/aromatic N) is 2. The number of aryl methyl sites for hydroxylation is 1. The molecule has 0 amide bonds. The molecule has 1 aliphatic carbocycles. The largest absolute Gasteiger partial charge is 0.465 e. The fraction of sp³-hybridized carbons (Fsp3) is 0.733. The van der Waals surface area contributed by atoms with Gasteiger partial charge in [-0.15, -0.1) is 0 Å². The molecule has 1 atom stereocenters. The molecule has 20 heavy (non-hydrogen) atoms. The van der Waals surface area contributed by atoms with E-state index in [0.29, 0.717) is 19.1 Å². The summed E-state index contributed by atoms with van der Waals surface area (Å²) in [7, 11) is 0. The lowest BCUT2D eigenvalue weighted by Gasteiger charge is -2.33. The molecule has 1 saturated carbocycles. The van der Waals surface area contributed by atoms with Crippen LogP contribution in [0.2, 0.25) is 0 Å². The standard InChI is InChI=1S/C15H25N3O2/c1-4-13-16-9-10-18(13)11-15(17-5-2,12-7-8-12)14(19)20-6-3/h9-10,12,17H,4-8,11H2,1-3H3. The summed E-state index contributed by atoms with van der Waals surface area (Å²) >= 11 is 0. The fourth-order valence-corrected chi connectivity index (χ4v) is 2.85. The highest BCUT2D eigenvalue weighted by molar-refractivity contribution is 5.81. The topological polar surface area (TPSA) is 56.2 Å². The normalized spacial score (nSPS) is 17.8. The van der Waals surface area contributed by atoms with E-state index in [-0.39, 0.29) is 5.97 Å². The molecule has 0 bridgehead atoms. The van der Waals surface area contributed by atoms with Gasteiger partial charge in [0.25, 0.3) is 0 Å². The van der Waals surface area contributed by atoms with Gasteiger partial charge in [0.05, 0.1) is 13.2 Å². The second-order valence-corrected chi connectivity index (χ2v) is 5.32. The first-order valence-corrected chi connectivity index (χ1v) is 7.60. The lowest BCUT2D eigenvalue weighted by atomic mass is 9.92. The number of ether oxygens (including phenoxy) is 1. The number of aromatic nitrogens is 2. The average Bonchev–Trinajstić information content (AvgIpc) is 3.19. The van der Waals surface area contributed by atoms with Crippen LogP contribution in [0.1, 0.15) is 39.4 Å². The van der Waals surface area contributed by atoms with Crippen molar-refractivity contribution in [2.24, 2.45) is 5.92 Å². The van der Waals surface area contributed by atoms with E-state index in [2.05, 4.69) is 21.8 Å². The van der Waals surface area contributed by atoms with Gasteiger partial charge in [0.2, 0.25) is 0 Å². The maximum Gasteiger partial charge on any atom is 0.328 e. The van der Waals surface area contributed by atoms with Crippen LogP contribution in [0.4, 0.5) is 0 Å². The number of carbonyl (C=O) groups is 1. The molecule has 1 N–H and O–H groups in total. The van der Waals surface area contributed by atoms with E-state index in [1.54, 1.807) is 6.20 Å². The van der Waals surface area contributed by atoms with Gasteiger partial charge in [-0.1, -0.05) is 13.8 Å². The number of rotatable bonds is 8. The Morgan fingerprint density at radius 2 is 2.25 bits per heavy atom. The number of hydrogen-bond donors (Lipinski definition) is 1.